The molecular formula is C12H18N2O2S. The molecule has 5 heteroatoms. The summed E-state index contributed by atoms with van der Waals surface area (Å²) in [7, 11) is 0. The van der Waals surface area contributed by atoms with Crippen molar-refractivity contribution >= 4 is 17.7 Å². The Bertz CT molecular complexity index is 363. The molecule has 94 valence electrons. The summed E-state index contributed by atoms with van der Waals surface area (Å²) in [6.07, 6.45) is 1.26. The Morgan fingerprint density at radius 3 is 2.59 bits per heavy atom. The van der Waals surface area contributed by atoms with E-state index in [2.05, 4.69) is 9.97 Å². The summed E-state index contributed by atoms with van der Waals surface area (Å²) in [5.74, 6) is 0.705. The van der Waals surface area contributed by atoms with Gasteiger partial charge >= 0.3 is 5.97 Å². The smallest absolute Gasteiger partial charge is 0.305 e. The number of hydrogen-bond donors (Lipinski definition) is 0. The number of ether oxygens (including phenoxy) is 1. The highest BCUT2D eigenvalue weighted by Gasteiger charge is 2.03. The second-order valence-corrected chi connectivity index (χ2v) is 4.75. The molecule has 0 saturated heterocycles. The summed E-state index contributed by atoms with van der Waals surface area (Å²) in [5.41, 5.74) is 1.95. The molecule has 0 unspecified atom stereocenters. The van der Waals surface area contributed by atoms with Crippen LogP contribution < -0.4 is 0 Å². The Balaban J connectivity index is 2.28. The van der Waals surface area contributed by atoms with Gasteiger partial charge in [0.05, 0.1) is 6.61 Å². The van der Waals surface area contributed by atoms with Crippen LogP contribution in [0, 0.1) is 13.8 Å². The van der Waals surface area contributed by atoms with Crippen molar-refractivity contribution in [2.75, 3.05) is 12.4 Å². The van der Waals surface area contributed by atoms with E-state index in [9.17, 15) is 4.79 Å². The maximum absolute atomic E-state index is 11.1. The van der Waals surface area contributed by atoms with Crippen LogP contribution in [0.2, 0.25) is 0 Å². The Kier molecular flexibility index (Phi) is 5.97. The molecule has 0 aliphatic heterocycles. The molecule has 0 aliphatic carbocycles. The van der Waals surface area contributed by atoms with Crippen LogP contribution in [0.4, 0.5) is 0 Å². The third-order valence-corrected chi connectivity index (χ3v) is 2.96. The van der Waals surface area contributed by atoms with Gasteiger partial charge in [-0.15, -0.1) is 0 Å². The van der Waals surface area contributed by atoms with Gasteiger partial charge in [-0.25, -0.2) is 9.97 Å². The van der Waals surface area contributed by atoms with Gasteiger partial charge in [-0.2, -0.15) is 0 Å². The van der Waals surface area contributed by atoms with Gasteiger partial charge in [0.2, 0.25) is 0 Å². The van der Waals surface area contributed by atoms with Gasteiger partial charge < -0.3 is 4.74 Å². The number of thioether (sulfide) groups is 1. The van der Waals surface area contributed by atoms with Crippen molar-refractivity contribution in [3.8, 4) is 0 Å². The van der Waals surface area contributed by atoms with Crippen molar-refractivity contribution in [3.05, 3.63) is 17.5 Å². The lowest BCUT2D eigenvalue weighted by atomic mass is 10.3. The highest BCUT2D eigenvalue weighted by Crippen LogP contribution is 2.15. The van der Waals surface area contributed by atoms with Gasteiger partial charge in [0.25, 0.3) is 0 Å². The second kappa shape index (κ2) is 7.27. The summed E-state index contributed by atoms with van der Waals surface area (Å²) >= 11 is 1.58. The van der Waals surface area contributed by atoms with Gasteiger partial charge in [-0.1, -0.05) is 11.8 Å². The highest BCUT2D eigenvalue weighted by molar-refractivity contribution is 7.99. The molecule has 0 radical (unpaired) electrons. The largest absolute Gasteiger partial charge is 0.466 e. The summed E-state index contributed by atoms with van der Waals surface area (Å²) in [5, 5.41) is 0.784. The molecule has 0 spiro atoms. The average molecular weight is 254 g/mol. The zero-order valence-corrected chi connectivity index (χ0v) is 11.3. The standard InChI is InChI=1S/C12H18N2O2S/c1-4-16-11(15)6-5-7-17-12-13-9(2)8-10(3)14-12/h8H,4-7H2,1-3H3. The zero-order valence-electron chi connectivity index (χ0n) is 10.5. The number of nitrogens with zero attached hydrogens (tertiary/aromatic N) is 2. The minimum atomic E-state index is -0.130. The van der Waals surface area contributed by atoms with Gasteiger partial charge in [-0.3, -0.25) is 4.79 Å². The first kappa shape index (κ1) is 14.0. The van der Waals surface area contributed by atoms with E-state index in [-0.39, 0.29) is 5.97 Å². The maximum atomic E-state index is 11.1. The van der Waals surface area contributed by atoms with Gasteiger partial charge in [0.1, 0.15) is 0 Å². The third-order valence-electron chi connectivity index (χ3n) is 2.02. The van der Waals surface area contributed by atoms with E-state index in [1.807, 2.05) is 26.8 Å². The van der Waals surface area contributed by atoms with Crippen molar-refractivity contribution in [1.29, 1.82) is 0 Å². The molecule has 4 nitrogen and oxygen atoms in total. The van der Waals surface area contributed by atoms with E-state index in [0.717, 1.165) is 28.7 Å². The third kappa shape index (κ3) is 5.68. The first-order valence-corrected chi connectivity index (χ1v) is 6.71. The zero-order chi connectivity index (χ0) is 12.7. The lowest BCUT2D eigenvalue weighted by Crippen LogP contribution is -2.04. The van der Waals surface area contributed by atoms with Crippen LogP contribution in [0.1, 0.15) is 31.2 Å². The fraction of sp³-hybridized carbons (Fsp3) is 0.583. The number of rotatable bonds is 6. The molecular weight excluding hydrogens is 236 g/mol. The number of carbonyl (C=O) groups is 1. The monoisotopic (exact) mass is 254 g/mol. The molecule has 0 aliphatic rings. The van der Waals surface area contributed by atoms with Crippen molar-refractivity contribution in [3.63, 3.8) is 0 Å². The molecule has 17 heavy (non-hydrogen) atoms. The van der Waals surface area contributed by atoms with E-state index in [1.54, 1.807) is 11.8 Å². The summed E-state index contributed by atoms with van der Waals surface area (Å²) in [6.45, 7) is 6.18. The number of carbonyl (C=O) groups excluding carboxylic acids is 1. The fourth-order valence-electron chi connectivity index (χ4n) is 1.37. The topological polar surface area (TPSA) is 52.1 Å². The molecule has 0 atom stereocenters. The van der Waals surface area contributed by atoms with Crippen LogP contribution in [0.5, 0.6) is 0 Å². The fourth-order valence-corrected chi connectivity index (χ4v) is 2.26. The van der Waals surface area contributed by atoms with E-state index in [4.69, 9.17) is 4.74 Å². The lowest BCUT2D eigenvalue weighted by molar-refractivity contribution is -0.143. The SMILES string of the molecule is CCOC(=O)CCCSc1nc(C)cc(C)n1. The first-order valence-electron chi connectivity index (χ1n) is 5.72. The predicted octanol–water partition coefficient (Wildman–Crippen LogP) is 2.53. The van der Waals surface area contributed by atoms with E-state index >= 15 is 0 Å². The molecule has 0 aromatic carbocycles. The van der Waals surface area contributed by atoms with Crippen molar-refractivity contribution < 1.29 is 9.53 Å². The highest BCUT2D eigenvalue weighted by atomic mass is 32.2. The Morgan fingerprint density at radius 1 is 1.35 bits per heavy atom. The van der Waals surface area contributed by atoms with E-state index < -0.39 is 0 Å². The average Bonchev–Trinajstić information content (AvgIpc) is 2.23. The summed E-state index contributed by atoms with van der Waals surface area (Å²) in [4.78, 5) is 19.7. The van der Waals surface area contributed by atoms with Crippen LogP contribution in [0.15, 0.2) is 11.2 Å². The molecule has 1 heterocycles. The van der Waals surface area contributed by atoms with E-state index in [1.165, 1.54) is 0 Å². The molecule has 0 amide bonds. The predicted molar refractivity (Wildman–Crippen MR) is 68.1 cm³/mol. The quantitative estimate of drug-likeness (QED) is 0.338. The Hall–Kier alpha value is -1.10. The van der Waals surface area contributed by atoms with Crippen LogP contribution in [0.25, 0.3) is 0 Å². The molecule has 1 aromatic rings. The number of aromatic nitrogens is 2. The van der Waals surface area contributed by atoms with Gasteiger partial charge in [-0.05, 0) is 33.3 Å². The van der Waals surface area contributed by atoms with Crippen LogP contribution in [-0.2, 0) is 9.53 Å². The maximum Gasteiger partial charge on any atom is 0.305 e. The number of hydrogen-bond acceptors (Lipinski definition) is 5. The van der Waals surface area contributed by atoms with Crippen molar-refractivity contribution in [2.24, 2.45) is 0 Å². The lowest BCUT2D eigenvalue weighted by Gasteiger charge is -2.03. The molecule has 0 N–H and O–H groups in total. The number of esters is 1. The molecule has 1 aromatic heterocycles. The van der Waals surface area contributed by atoms with Crippen LogP contribution in [0.3, 0.4) is 0 Å². The van der Waals surface area contributed by atoms with Crippen LogP contribution in [-0.4, -0.2) is 28.3 Å². The van der Waals surface area contributed by atoms with Crippen LogP contribution >= 0.6 is 11.8 Å². The van der Waals surface area contributed by atoms with Gasteiger partial charge in [0, 0.05) is 23.6 Å². The van der Waals surface area contributed by atoms with Crippen molar-refractivity contribution in [2.45, 2.75) is 38.8 Å². The Labute approximate surface area is 106 Å². The summed E-state index contributed by atoms with van der Waals surface area (Å²) < 4.78 is 4.85. The summed E-state index contributed by atoms with van der Waals surface area (Å²) in [6, 6.07) is 1.95. The first-order chi connectivity index (χ1) is 8.11. The van der Waals surface area contributed by atoms with Gasteiger partial charge in [0.15, 0.2) is 5.16 Å². The minimum Gasteiger partial charge on any atom is -0.466 e. The molecule has 0 fully saturated rings. The van der Waals surface area contributed by atoms with E-state index in [0.29, 0.717) is 13.0 Å². The molecule has 0 saturated carbocycles. The molecule has 1 rings (SSSR count). The Morgan fingerprint density at radius 2 is 2.00 bits per heavy atom. The minimum absolute atomic E-state index is 0.130. The van der Waals surface area contributed by atoms with Crippen molar-refractivity contribution in [1.82, 2.24) is 9.97 Å². The second-order valence-electron chi connectivity index (χ2n) is 3.69. The number of aryl methyl sites for hydroxylation is 2. The molecule has 0 bridgehead atoms. The normalized spacial score (nSPS) is 10.3.